The Morgan fingerprint density at radius 2 is 1.67 bits per heavy atom. The van der Waals surface area contributed by atoms with E-state index in [4.69, 9.17) is 0 Å². The summed E-state index contributed by atoms with van der Waals surface area (Å²) in [7, 11) is 0. The van der Waals surface area contributed by atoms with Crippen molar-refractivity contribution in [2.75, 3.05) is 39.3 Å². The van der Waals surface area contributed by atoms with Gasteiger partial charge in [0.05, 0.1) is 0 Å². The highest BCUT2D eigenvalue weighted by molar-refractivity contribution is 4.93. The van der Waals surface area contributed by atoms with E-state index in [1.165, 1.54) is 77.7 Å². The van der Waals surface area contributed by atoms with E-state index in [0.717, 1.165) is 12.6 Å². The molecule has 2 aliphatic heterocycles. The lowest BCUT2D eigenvalue weighted by Gasteiger charge is -2.50. The topological polar surface area (TPSA) is 18.5 Å². The Hall–Kier alpha value is -0.120. The minimum Gasteiger partial charge on any atom is -0.313 e. The molecule has 0 radical (unpaired) electrons. The normalized spacial score (nSPS) is 29.4. The fourth-order valence-electron chi connectivity index (χ4n) is 4.63. The zero-order chi connectivity index (χ0) is 14.7. The van der Waals surface area contributed by atoms with Gasteiger partial charge in [0.15, 0.2) is 0 Å². The number of likely N-dealkylation sites (tertiary alicyclic amines) is 2. The Balaban J connectivity index is 1.41. The third-order valence-corrected chi connectivity index (χ3v) is 6.45. The van der Waals surface area contributed by atoms with Crippen LogP contribution in [0.25, 0.3) is 0 Å². The average molecular weight is 293 g/mol. The van der Waals surface area contributed by atoms with Crippen molar-refractivity contribution in [2.24, 2.45) is 5.41 Å². The van der Waals surface area contributed by atoms with Crippen molar-refractivity contribution in [3.63, 3.8) is 0 Å². The molecule has 3 nitrogen and oxygen atoms in total. The van der Waals surface area contributed by atoms with Crippen LogP contribution in [0.3, 0.4) is 0 Å². The van der Waals surface area contributed by atoms with Gasteiger partial charge in [0.2, 0.25) is 0 Å². The second-order valence-electron chi connectivity index (χ2n) is 7.88. The summed E-state index contributed by atoms with van der Waals surface area (Å²) < 4.78 is 0. The first-order valence-corrected chi connectivity index (χ1v) is 9.40. The van der Waals surface area contributed by atoms with Crippen LogP contribution in [0, 0.1) is 5.41 Å². The van der Waals surface area contributed by atoms with E-state index in [2.05, 4.69) is 29.0 Å². The second-order valence-corrected chi connectivity index (χ2v) is 7.88. The largest absolute Gasteiger partial charge is 0.313 e. The van der Waals surface area contributed by atoms with Gasteiger partial charge in [-0.05, 0) is 83.6 Å². The molecule has 122 valence electrons. The summed E-state index contributed by atoms with van der Waals surface area (Å²) in [6.45, 7) is 12.3. The van der Waals surface area contributed by atoms with Crippen LogP contribution < -0.4 is 5.32 Å². The molecular weight excluding hydrogens is 258 g/mol. The number of likely N-dealkylation sites (N-methyl/N-ethyl adjacent to an activating group) is 1. The molecule has 1 saturated carbocycles. The molecular formula is C18H35N3. The number of nitrogens with zero attached hydrogens (tertiary/aromatic N) is 2. The van der Waals surface area contributed by atoms with Gasteiger partial charge in [-0.2, -0.15) is 0 Å². The van der Waals surface area contributed by atoms with Gasteiger partial charge in [-0.15, -0.1) is 0 Å². The van der Waals surface area contributed by atoms with E-state index in [0.29, 0.717) is 11.5 Å². The number of hydrogen-bond donors (Lipinski definition) is 1. The summed E-state index contributed by atoms with van der Waals surface area (Å²) >= 11 is 0. The van der Waals surface area contributed by atoms with Crippen LogP contribution in [-0.2, 0) is 0 Å². The monoisotopic (exact) mass is 293 g/mol. The standard InChI is InChI=1S/C18H35N3/c1-3-19-16(2)15-20-11-7-18(8-12-20)9-13-21(14-10-18)17-5-4-6-17/h16-17,19H,3-15H2,1-2H3. The number of rotatable bonds is 5. The number of piperidine rings is 2. The molecule has 21 heavy (non-hydrogen) atoms. The summed E-state index contributed by atoms with van der Waals surface area (Å²) in [5, 5.41) is 3.55. The summed E-state index contributed by atoms with van der Waals surface area (Å²) in [6, 6.07) is 1.60. The Morgan fingerprint density at radius 3 is 2.19 bits per heavy atom. The van der Waals surface area contributed by atoms with Crippen LogP contribution in [0.2, 0.25) is 0 Å². The summed E-state index contributed by atoms with van der Waals surface area (Å²) in [4.78, 5) is 5.49. The van der Waals surface area contributed by atoms with Crippen molar-refractivity contribution < 1.29 is 0 Å². The highest BCUT2D eigenvalue weighted by atomic mass is 15.2. The van der Waals surface area contributed by atoms with Crippen LogP contribution in [-0.4, -0.2) is 61.2 Å². The fraction of sp³-hybridized carbons (Fsp3) is 1.00. The van der Waals surface area contributed by atoms with Gasteiger partial charge in [0, 0.05) is 18.6 Å². The molecule has 0 aromatic heterocycles. The molecule has 3 heteroatoms. The lowest BCUT2D eigenvalue weighted by atomic mass is 9.70. The fourth-order valence-corrected chi connectivity index (χ4v) is 4.63. The summed E-state index contributed by atoms with van der Waals surface area (Å²) in [5.74, 6) is 0. The smallest absolute Gasteiger partial charge is 0.0166 e. The minimum absolute atomic E-state index is 0.643. The van der Waals surface area contributed by atoms with Crippen molar-refractivity contribution >= 4 is 0 Å². The lowest BCUT2D eigenvalue weighted by molar-refractivity contribution is 0.00394. The molecule has 1 unspecified atom stereocenters. The Bertz CT molecular complexity index is 308. The zero-order valence-corrected chi connectivity index (χ0v) is 14.2. The third-order valence-electron chi connectivity index (χ3n) is 6.45. The maximum absolute atomic E-state index is 3.55. The quantitative estimate of drug-likeness (QED) is 0.841. The van der Waals surface area contributed by atoms with Gasteiger partial charge < -0.3 is 15.1 Å². The van der Waals surface area contributed by atoms with Crippen molar-refractivity contribution in [1.82, 2.24) is 15.1 Å². The molecule has 1 spiro atoms. The van der Waals surface area contributed by atoms with Crippen LogP contribution in [0.1, 0.15) is 58.8 Å². The Morgan fingerprint density at radius 1 is 1.05 bits per heavy atom. The lowest BCUT2D eigenvalue weighted by Crippen LogP contribution is -2.51. The predicted octanol–water partition coefficient (Wildman–Crippen LogP) is 2.71. The van der Waals surface area contributed by atoms with E-state index >= 15 is 0 Å². The summed E-state index contributed by atoms with van der Waals surface area (Å²) in [6.07, 6.45) is 10.3. The third kappa shape index (κ3) is 3.80. The molecule has 2 saturated heterocycles. The zero-order valence-electron chi connectivity index (χ0n) is 14.2. The van der Waals surface area contributed by atoms with Crippen LogP contribution in [0.4, 0.5) is 0 Å². The van der Waals surface area contributed by atoms with Crippen LogP contribution in [0.5, 0.6) is 0 Å². The predicted molar refractivity (Wildman–Crippen MR) is 89.7 cm³/mol. The number of nitrogens with one attached hydrogen (secondary N) is 1. The maximum Gasteiger partial charge on any atom is 0.0166 e. The average Bonchev–Trinajstić information content (AvgIpc) is 2.43. The van der Waals surface area contributed by atoms with E-state index in [9.17, 15) is 0 Å². The van der Waals surface area contributed by atoms with Gasteiger partial charge in [-0.25, -0.2) is 0 Å². The first-order valence-electron chi connectivity index (χ1n) is 9.40. The van der Waals surface area contributed by atoms with Crippen molar-refractivity contribution in [2.45, 2.75) is 70.9 Å². The van der Waals surface area contributed by atoms with Gasteiger partial charge in [-0.1, -0.05) is 13.3 Å². The molecule has 3 fully saturated rings. The second kappa shape index (κ2) is 6.97. The van der Waals surface area contributed by atoms with Gasteiger partial charge >= 0.3 is 0 Å². The first kappa shape index (κ1) is 15.8. The van der Waals surface area contributed by atoms with Crippen molar-refractivity contribution in [1.29, 1.82) is 0 Å². The van der Waals surface area contributed by atoms with Crippen molar-refractivity contribution in [3.05, 3.63) is 0 Å². The summed E-state index contributed by atoms with van der Waals surface area (Å²) in [5.41, 5.74) is 0.707. The molecule has 1 atom stereocenters. The maximum atomic E-state index is 3.55. The van der Waals surface area contributed by atoms with Crippen LogP contribution in [0.15, 0.2) is 0 Å². The molecule has 1 N–H and O–H groups in total. The minimum atomic E-state index is 0.643. The van der Waals surface area contributed by atoms with Crippen molar-refractivity contribution in [3.8, 4) is 0 Å². The highest BCUT2D eigenvalue weighted by Gasteiger charge is 2.39. The number of hydrogen-bond acceptors (Lipinski definition) is 3. The molecule has 2 heterocycles. The Labute approximate surface area is 131 Å². The molecule has 3 rings (SSSR count). The first-order chi connectivity index (χ1) is 10.2. The SMILES string of the molecule is CCNC(C)CN1CCC2(CC1)CCN(C1CCC1)CC2. The van der Waals surface area contributed by atoms with Gasteiger partial charge in [0.25, 0.3) is 0 Å². The molecule has 3 aliphatic rings. The Kier molecular flexibility index (Phi) is 5.23. The van der Waals surface area contributed by atoms with E-state index in [1.807, 2.05) is 0 Å². The van der Waals surface area contributed by atoms with Gasteiger partial charge in [-0.3, -0.25) is 0 Å². The van der Waals surface area contributed by atoms with E-state index in [1.54, 1.807) is 0 Å². The highest BCUT2D eigenvalue weighted by Crippen LogP contribution is 2.42. The molecule has 0 aromatic rings. The van der Waals surface area contributed by atoms with E-state index < -0.39 is 0 Å². The van der Waals surface area contributed by atoms with Crippen LogP contribution >= 0.6 is 0 Å². The molecule has 0 aromatic carbocycles. The van der Waals surface area contributed by atoms with Gasteiger partial charge in [0.1, 0.15) is 0 Å². The van der Waals surface area contributed by atoms with E-state index in [-0.39, 0.29) is 0 Å². The molecule has 1 aliphatic carbocycles. The molecule has 0 bridgehead atoms. The molecule has 0 amide bonds.